The number of carbonyl (C=O) groups is 1. The van der Waals surface area contributed by atoms with Crippen LogP contribution in [0.15, 0.2) is 59.5 Å². The molecule has 2 aromatic rings. The van der Waals surface area contributed by atoms with Crippen LogP contribution in [0.5, 0.6) is 0 Å². The number of rotatable bonds is 6. The van der Waals surface area contributed by atoms with Gasteiger partial charge in [0.15, 0.2) is 0 Å². The van der Waals surface area contributed by atoms with E-state index in [2.05, 4.69) is 30.5 Å². The molecule has 0 bridgehead atoms. The number of aliphatic hydroxyl groups is 1. The zero-order chi connectivity index (χ0) is 18.4. The van der Waals surface area contributed by atoms with Crippen LogP contribution >= 0.6 is 11.8 Å². The Balaban J connectivity index is 1.56. The van der Waals surface area contributed by atoms with Crippen molar-refractivity contribution in [2.45, 2.75) is 30.6 Å². The molecule has 0 unspecified atom stereocenters. The van der Waals surface area contributed by atoms with Crippen molar-refractivity contribution in [1.29, 1.82) is 0 Å². The summed E-state index contributed by atoms with van der Waals surface area (Å²) in [6.45, 7) is 1.64. The van der Waals surface area contributed by atoms with E-state index in [1.54, 1.807) is 11.8 Å². The zero-order valence-corrected chi connectivity index (χ0v) is 16.2. The standard InChI is InChI=1S/C22H27NO2S/c1-26-20-9-7-18(8-10-20)15-21(25)23-13-11-22(17-24,12-14-23)16-19-5-3-2-4-6-19/h2-10,24H,11-17H2,1H3. The molecule has 1 heterocycles. The van der Waals surface area contributed by atoms with Crippen molar-refractivity contribution in [2.75, 3.05) is 26.0 Å². The Bertz CT molecular complexity index is 707. The van der Waals surface area contributed by atoms with Crippen molar-refractivity contribution >= 4 is 17.7 Å². The Hall–Kier alpha value is -1.78. The molecule has 1 N–H and O–H groups in total. The molecular formula is C22H27NO2S. The summed E-state index contributed by atoms with van der Waals surface area (Å²) in [5, 5.41) is 10.0. The molecular weight excluding hydrogens is 342 g/mol. The largest absolute Gasteiger partial charge is 0.396 e. The van der Waals surface area contributed by atoms with E-state index in [1.807, 2.05) is 35.2 Å². The number of hydrogen-bond donors (Lipinski definition) is 1. The van der Waals surface area contributed by atoms with E-state index in [1.165, 1.54) is 10.5 Å². The fraction of sp³-hybridized carbons (Fsp3) is 0.409. The van der Waals surface area contributed by atoms with Gasteiger partial charge in [0, 0.05) is 30.0 Å². The second-order valence-corrected chi connectivity index (χ2v) is 8.11. The third kappa shape index (κ3) is 4.68. The lowest BCUT2D eigenvalue weighted by Crippen LogP contribution is -2.46. The first-order valence-electron chi connectivity index (χ1n) is 9.20. The second-order valence-electron chi connectivity index (χ2n) is 7.23. The van der Waals surface area contributed by atoms with Gasteiger partial charge in [-0.3, -0.25) is 4.79 Å². The van der Waals surface area contributed by atoms with E-state index < -0.39 is 0 Å². The number of benzene rings is 2. The zero-order valence-electron chi connectivity index (χ0n) is 15.4. The van der Waals surface area contributed by atoms with Crippen LogP contribution in [0.2, 0.25) is 0 Å². The smallest absolute Gasteiger partial charge is 0.226 e. The van der Waals surface area contributed by atoms with Gasteiger partial charge in [-0.05, 0) is 48.8 Å². The molecule has 3 rings (SSSR count). The maximum Gasteiger partial charge on any atom is 0.226 e. The van der Waals surface area contributed by atoms with Crippen LogP contribution in [0, 0.1) is 5.41 Å². The summed E-state index contributed by atoms with van der Waals surface area (Å²) in [5.41, 5.74) is 2.23. The highest BCUT2D eigenvalue weighted by Crippen LogP contribution is 2.35. The minimum Gasteiger partial charge on any atom is -0.396 e. The minimum atomic E-state index is -0.0991. The maximum atomic E-state index is 12.6. The molecule has 138 valence electrons. The average molecular weight is 370 g/mol. The molecule has 2 aromatic carbocycles. The van der Waals surface area contributed by atoms with Gasteiger partial charge in [0.2, 0.25) is 5.91 Å². The van der Waals surface area contributed by atoms with Crippen LogP contribution in [0.1, 0.15) is 24.0 Å². The molecule has 0 aliphatic carbocycles. The van der Waals surface area contributed by atoms with Crippen molar-refractivity contribution in [3.05, 3.63) is 65.7 Å². The Morgan fingerprint density at radius 1 is 1.04 bits per heavy atom. The van der Waals surface area contributed by atoms with Gasteiger partial charge in [-0.15, -0.1) is 11.8 Å². The third-order valence-electron chi connectivity index (χ3n) is 5.45. The molecule has 1 amide bonds. The number of likely N-dealkylation sites (tertiary alicyclic amines) is 1. The Morgan fingerprint density at radius 2 is 1.69 bits per heavy atom. The van der Waals surface area contributed by atoms with E-state index in [0.717, 1.165) is 37.9 Å². The summed E-state index contributed by atoms with van der Waals surface area (Å²) in [6.07, 6.45) is 5.10. The lowest BCUT2D eigenvalue weighted by Gasteiger charge is -2.41. The molecule has 26 heavy (non-hydrogen) atoms. The van der Waals surface area contributed by atoms with Crippen molar-refractivity contribution in [2.24, 2.45) is 5.41 Å². The number of aliphatic hydroxyl groups excluding tert-OH is 1. The summed E-state index contributed by atoms with van der Waals surface area (Å²) >= 11 is 1.71. The van der Waals surface area contributed by atoms with Crippen molar-refractivity contribution in [3.8, 4) is 0 Å². The summed E-state index contributed by atoms with van der Waals surface area (Å²) in [7, 11) is 0. The molecule has 0 spiro atoms. The molecule has 1 fully saturated rings. The van der Waals surface area contributed by atoms with Gasteiger partial charge in [-0.25, -0.2) is 0 Å². The molecule has 0 saturated carbocycles. The first kappa shape index (κ1) is 19.0. The van der Waals surface area contributed by atoms with Gasteiger partial charge in [-0.1, -0.05) is 42.5 Å². The van der Waals surface area contributed by atoms with Crippen molar-refractivity contribution < 1.29 is 9.90 Å². The van der Waals surface area contributed by atoms with Crippen LogP contribution in [0.4, 0.5) is 0 Å². The molecule has 0 aromatic heterocycles. The van der Waals surface area contributed by atoms with Crippen LogP contribution < -0.4 is 0 Å². The maximum absolute atomic E-state index is 12.6. The SMILES string of the molecule is CSc1ccc(CC(=O)N2CCC(CO)(Cc3ccccc3)CC2)cc1. The van der Waals surface area contributed by atoms with Crippen LogP contribution in [0.3, 0.4) is 0 Å². The van der Waals surface area contributed by atoms with Gasteiger partial charge in [-0.2, -0.15) is 0 Å². The minimum absolute atomic E-state index is 0.0991. The second kappa shape index (κ2) is 8.74. The highest BCUT2D eigenvalue weighted by molar-refractivity contribution is 7.98. The van der Waals surface area contributed by atoms with E-state index in [9.17, 15) is 9.90 Å². The number of piperidine rings is 1. The molecule has 1 aliphatic heterocycles. The molecule has 0 atom stereocenters. The quantitative estimate of drug-likeness (QED) is 0.788. The van der Waals surface area contributed by atoms with Crippen molar-refractivity contribution in [3.63, 3.8) is 0 Å². The topological polar surface area (TPSA) is 40.5 Å². The summed E-state index contributed by atoms with van der Waals surface area (Å²) in [5.74, 6) is 0.188. The molecule has 3 nitrogen and oxygen atoms in total. The van der Waals surface area contributed by atoms with Gasteiger partial charge in [0.25, 0.3) is 0 Å². The highest BCUT2D eigenvalue weighted by atomic mass is 32.2. The lowest BCUT2D eigenvalue weighted by molar-refractivity contribution is -0.133. The molecule has 0 radical (unpaired) electrons. The van der Waals surface area contributed by atoms with E-state index in [4.69, 9.17) is 0 Å². The Morgan fingerprint density at radius 3 is 2.27 bits per heavy atom. The number of amides is 1. The first-order chi connectivity index (χ1) is 12.6. The van der Waals surface area contributed by atoms with Crippen molar-refractivity contribution in [1.82, 2.24) is 4.90 Å². The number of nitrogens with zero attached hydrogens (tertiary/aromatic N) is 1. The van der Waals surface area contributed by atoms with E-state index in [-0.39, 0.29) is 17.9 Å². The van der Waals surface area contributed by atoms with Gasteiger partial charge in [0.1, 0.15) is 0 Å². The third-order valence-corrected chi connectivity index (χ3v) is 6.19. The van der Waals surface area contributed by atoms with Crippen LogP contribution in [-0.2, 0) is 17.6 Å². The normalized spacial score (nSPS) is 16.5. The summed E-state index contributed by atoms with van der Waals surface area (Å²) in [6, 6.07) is 18.6. The molecule has 1 aliphatic rings. The summed E-state index contributed by atoms with van der Waals surface area (Å²) in [4.78, 5) is 15.8. The molecule has 4 heteroatoms. The van der Waals surface area contributed by atoms with E-state index in [0.29, 0.717) is 6.42 Å². The van der Waals surface area contributed by atoms with Crippen LogP contribution in [-0.4, -0.2) is 41.9 Å². The summed E-state index contributed by atoms with van der Waals surface area (Å²) < 4.78 is 0. The highest BCUT2D eigenvalue weighted by Gasteiger charge is 2.35. The average Bonchev–Trinajstić information content (AvgIpc) is 2.70. The first-order valence-corrected chi connectivity index (χ1v) is 10.4. The van der Waals surface area contributed by atoms with E-state index >= 15 is 0 Å². The van der Waals surface area contributed by atoms with Crippen LogP contribution in [0.25, 0.3) is 0 Å². The Kier molecular flexibility index (Phi) is 6.38. The molecule has 1 saturated heterocycles. The predicted molar refractivity (Wildman–Crippen MR) is 107 cm³/mol. The fourth-order valence-corrected chi connectivity index (χ4v) is 4.09. The van der Waals surface area contributed by atoms with Gasteiger partial charge in [0.05, 0.1) is 6.42 Å². The van der Waals surface area contributed by atoms with Gasteiger partial charge >= 0.3 is 0 Å². The Labute approximate surface area is 160 Å². The number of hydrogen-bond acceptors (Lipinski definition) is 3. The monoisotopic (exact) mass is 369 g/mol. The number of carbonyl (C=O) groups excluding carboxylic acids is 1. The fourth-order valence-electron chi connectivity index (χ4n) is 3.68. The number of thioether (sulfide) groups is 1. The lowest BCUT2D eigenvalue weighted by atomic mass is 9.74. The van der Waals surface area contributed by atoms with Gasteiger partial charge < -0.3 is 10.0 Å². The predicted octanol–water partition coefficient (Wildman–Crippen LogP) is 3.79.